The molecule has 0 unspecified atom stereocenters. The Morgan fingerprint density at radius 2 is 1.75 bits per heavy atom. The molecule has 0 aliphatic heterocycles. The Bertz CT molecular complexity index is 353. The van der Waals surface area contributed by atoms with E-state index in [4.69, 9.17) is 23.2 Å². The molecule has 12 heavy (non-hydrogen) atoms. The number of hydrogen-bond acceptors (Lipinski definition) is 0. The first kappa shape index (κ1) is 8.15. The number of hydrogen-bond donors (Lipinski definition) is 0. The van der Waals surface area contributed by atoms with Crippen molar-refractivity contribution in [2.75, 3.05) is 0 Å². The zero-order valence-corrected chi connectivity index (χ0v) is 8.04. The number of halogens is 2. The minimum absolute atomic E-state index is 0.624. The average Bonchev–Trinajstić information content (AvgIpc) is 2.35. The molecule has 1 aromatic rings. The molecule has 0 aromatic heterocycles. The van der Waals surface area contributed by atoms with E-state index in [9.17, 15) is 0 Å². The van der Waals surface area contributed by atoms with Gasteiger partial charge in [-0.15, -0.1) is 0 Å². The van der Waals surface area contributed by atoms with Crippen LogP contribution in [0.25, 0.3) is 5.57 Å². The summed E-state index contributed by atoms with van der Waals surface area (Å²) in [5.41, 5.74) is 3.63. The Labute approximate surface area is 81.8 Å². The van der Waals surface area contributed by atoms with Gasteiger partial charge in [-0.05, 0) is 41.7 Å². The maximum atomic E-state index is 5.88. The van der Waals surface area contributed by atoms with Crippen LogP contribution in [0.4, 0.5) is 0 Å². The molecule has 0 saturated carbocycles. The lowest BCUT2D eigenvalue weighted by Crippen LogP contribution is -1.81. The third-order valence-corrected chi connectivity index (χ3v) is 2.95. The van der Waals surface area contributed by atoms with Crippen LogP contribution in [0.3, 0.4) is 0 Å². The minimum atomic E-state index is 0.624. The second kappa shape index (κ2) is 2.79. The standard InChI is InChI=1S/C10H8Cl2/c1-6-2-3-7-4-9(11)10(12)5-8(6)7/h4-5H,1-3H2. The lowest BCUT2D eigenvalue weighted by Gasteiger charge is -2.01. The van der Waals surface area contributed by atoms with Crippen LogP contribution < -0.4 is 0 Å². The van der Waals surface area contributed by atoms with Gasteiger partial charge in [0.05, 0.1) is 10.0 Å². The summed E-state index contributed by atoms with van der Waals surface area (Å²) in [6.07, 6.45) is 2.08. The van der Waals surface area contributed by atoms with Crippen LogP contribution in [0.2, 0.25) is 10.0 Å². The van der Waals surface area contributed by atoms with Crippen molar-refractivity contribution in [3.8, 4) is 0 Å². The van der Waals surface area contributed by atoms with Crippen molar-refractivity contribution in [2.24, 2.45) is 0 Å². The van der Waals surface area contributed by atoms with Crippen LogP contribution in [0.1, 0.15) is 17.5 Å². The van der Waals surface area contributed by atoms with Crippen molar-refractivity contribution in [3.05, 3.63) is 39.9 Å². The van der Waals surface area contributed by atoms with E-state index in [2.05, 4.69) is 6.58 Å². The maximum absolute atomic E-state index is 5.88. The first-order valence-corrected chi connectivity index (χ1v) is 4.60. The molecule has 0 bridgehead atoms. The van der Waals surface area contributed by atoms with Crippen LogP contribution in [-0.4, -0.2) is 0 Å². The van der Waals surface area contributed by atoms with E-state index in [1.807, 2.05) is 12.1 Å². The fraction of sp³-hybridized carbons (Fsp3) is 0.200. The molecule has 0 atom stereocenters. The van der Waals surface area contributed by atoms with Gasteiger partial charge >= 0.3 is 0 Å². The summed E-state index contributed by atoms with van der Waals surface area (Å²) in [6.45, 7) is 3.96. The fourth-order valence-electron chi connectivity index (χ4n) is 1.54. The molecule has 0 spiro atoms. The summed E-state index contributed by atoms with van der Waals surface area (Å²) in [5, 5.41) is 1.27. The molecule has 0 heterocycles. The third kappa shape index (κ3) is 1.16. The summed E-state index contributed by atoms with van der Waals surface area (Å²) in [7, 11) is 0. The second-order valence-electron chi connectivity index (χ2n) is 3.03. The van der Waals surface area contributed by atoms with Crippen LogP contribution in [-0.2, 0) is 6.42 Å². The first-order chi connectivity index (χ1) is 5.68. The van der Waals surface area contributed by atoms with Gasteiger partial charge in [-0.3, -0.25) is 0 Å². The monoisotopic (exact) mass is 198 g/mol. The van der Waals surface area contributed by atoms with E-state index in [0.29, 0.717) is 10.0 Å². The van der Waals surface area contributed by atoms with E-state index in [1.54, 1.807) is 0 Å². The second-order valence-corrected chi connectivity index (χ2v) is 3.84. The van der Waals surface area contributed by atoms with Gasteiger partial charge in [-0.1, -0.05) is 29.8 Å². The molecular formula is C10H8Cl2. The minimum Gasteiger partial charge on any atom is -0.0952 e. The number of rotatable bonds is 0. The zero-order valence-electron chi connectivity index (χ0n) is 6.53. The summed E-state index contributed by atoms with van der Waals surface area (Å²) in [5.74, 6) is 0. The van der Waals surface area contributed by atoms with Gasteiger partial charge in [-0.25, -0.2) is 0 Å². The van der Waals surface area contributed by atoms with Gasteiger partial charge in [0.25, 0.3) is 0 Å². The normalized spacial score (nSPS) is 15.0. The number of allylic oxidation sites excluding steroid dienone is 1. The average molecular weight is 199 g/mol. The Morgan fingerprint density at radius 3 is 2.50 bits per heavy atom. The van der Waals surface area contributed by atoms with Crippen molar-refractivity contribution < 1.29 is 0 Å². The summed E-state index contributed by atoms with van der Waals surface area (Å²) in [6, 6.07) is 3.85. The molecule has 1 aromatic carbocycles. The van der Waals surface area contributed by atoms with Gasteiger partial charge in [0, 0.05) is 0 Å². The molecule has 0 fully saturated rings. The molecule has 2 heteroatoms. The molecule has 62 valence electrons. The largest absolute Gasteiger partial charge is 0.0952 e. The topological polar surface area (TPSA) is 0 Å². The highest BCUT2D eigenvalue weighted by atomic mass is 35.5. The summed E-state index contributed by atoms with van der Waals surface area (Å²) >= 11 is 11.8. The van der Waals surface area contributed by atoms with Gasteiger partial charge < -0.3 is 0 Å². The predicted molar refractivity (Wildman–Crippen MR) is 53.8 cm³/mol. The zero-order chi connectivity index (χ0) is 8.72. The quantitative estimate of drug-likeness (QED) is 0.593. The van der Waals surface area contributed by atoms with Crippen LogP contribution in [0.15, 0.2) is 18.7 Å². The third-order valence-electron chi connectivity index (χ3n) is 2.22. The fourth-order valence-corrected chi connectivity index (χ4v) is 1.89. The highest BCUT2D eigenvalue weighted by molar-refractivity contribution is 6.42. The molecule has 0 amide bonds. The van der Waals surface area contributed by atoms with Gasteiger partial charge in [0.1, 0.15) is 0 Å². The van der Waals surface area contributed by atoms with E-state index in [0.717, 1.165) is 12.8 Å². The Hall–Kier alpha value is -0.460. The smallest absolute Gasteiger partial charge is 0.0598 e. The highest BCUT2D eigenvalue weighted by Gasteiger charge is 2.15. The van der Waals surface area contributed by atoms with Gasteiger partial charge in [0.2, 0.25) is 0 Å². The van der Waals surface area contributed by atoms with Crippen molar-refractivity contribution in [3.63, 3.8) is 0 Å². The van der Waals surface area contributed by atoms with Gasteiger partial charge in [-0.2, -0.15) is 0 Å². The molecule has 2 rings (SSSR count). The predicted octanol–water partition coefficient (Wildman–Crippen LogP) is 3.95. The van der Waals surface area contributed by atoms with E-state index in [1.165, 1.54) is 16.7 Å². The van der Waals surface area contributed by atoms with Crippen molar-refractivity contribution >= 4 is 28.8 Å². The van der Waals surface area contributed by atoms with Crippen LogP contribution in [0, 0.1) is 0 Å². The summed E-state index contributed by atoms with van der Waals surface area (Å²) in [4.78, 5) is 0. The maximum Gasteiger partial charge on any atom is 0.0598 e. The number of aryl methyl sites for hydroxylation is 1. The SMILES string of the molecule is C=C1CCc2cc(Cl)c(Cl)cc21. The lowest BCUT2D eigenvalue weighted by atomic mass is 10.1. The Kier molecular flexibility index (Phi) is 1.90. The van der Waals surface area contributed by atoms with Crippen molar-refractivity contribution in [1.82, 2.24) is 0 Å². The van der Waals surface area contributed by atoms with Gasteiger partial charge in [0.15, 0.2) is 0 Å². The molecule has 0 nitrogen and oxygen atoms in total. The lowest BCUT2D eigenvalue weighted by molar-refractivity contribution is 1.08. The molecule has 1 aliphatic carbocycles. The number of fused-ring (bicyclic) bond motifs is 1. The van der Waals surface area contributed by atoms with Crippen LogP contribution in [0.5, 0.6) is 0 Å². The Morgan fingerprint density at radius 1 is 1.08 bits per heavy atom. The molecule has 1 aliphatic rings. The number of benzene rings is 1. The van der Waals surface area contributed by atoms with Crippen molar-refractivity contribution in [2.45, 2.75) is 12.8 Å². The van der Waals surface area contributed by atoms with E-state index < -0.39 is 0 Å². The Balaban J connectivity index is 2.63. The highest BCUT2D eigenvalue weighted by Crippen LogP contribution is 2.36. The van der Waals surface area contributed by atoms with Crippen molar-refractivity contribution in [1.29, 1.82) is 0 Å². The molecular weight excluding hydrogens is 191 g/mol. The van der Waals surface area contributed by atoms with E-state index >= 15 is 0 Å². The van der Waals surface area contributed by atoms with E-state index in [-0.39, 0.29) is 0 Å². The summed E-state index contributed by atoms with van der Waals surface area (Å²) < 4.78 is 0. The van der Waals surface area contributed by atoms with Crippen LogP contribution >= 0.6 is 23.2 Å². The molecule has 0 radical (unpaired) electrons. The first-order valence-electron chi connectivity index (χ1n) is 3.84. The molecule has 0 N–H and O–H groups in total. The molecule has 0 saturated heterocycles.